The predicted octanol–water partition coefficient (Wildman–Crippen LogP) is 1.84. The number of rotatable bonds is 4. The summed E-state index contributed by atoms with van der Waals surface area (Å²) >= 11 is 0. The van der Waals surface area contributed by atoms with E-state index in [4.69, 9.17) is 4.74 Å². The zero-order valence-electron chi connectivity index (χ0n) is 15.2. The summed E-state index contributed by atoms with van der Waals surface area (Å²) in [6.07, 6.45) is 6.23. The first-order valence-electron chi connectivity index (χ1n) is 8.96. The molecule has 1 aliphatic heterocycles. The van der Waals surface area contributed by atoms with Crippen molar-refractivity contribution >= 4 is 0 Å². The standard InChI is InChI=1S/C20H21N5O2/c1-27-15-4-2-14(3-5-15)13-25-10-6-16-17(7-11-25)23-19(24-20(16)26)18-12-21-8-9-22-18/h2-5,8-9,12H,6-7,10-11,13H2,1H3,(H,23,24,26). The van der Waals surface area contributed by atoms with Crippen LogP contribution >= 0.6 is 0 Å². The monoisotopic (exact) mass is 363 g/mol. The molecule has 0 radical (unpaired) electrons. The minimum absolute atomic E-state index is 0.0769. The van der Waals surface area contributed by atoms with Gasteiger partial charge in [-0.2, -0.15) is 0 Å². The van der Waals surface area contributed by atoms with Crippen LogP contribution in [-0.4, -0.2) is 45.0 Å². The van der Waals surface area contributed by atoms with Gasteiger partial charge in [-0.3, -0.25) is 14.7 Å². The normalized spacial score (nSPS) is 14.4. The van der Waals surface area contributed by atoms with Crippen LogP contribution in [0.15, 0.2) is 47.7 Å². The Hall–Kier alpha value is -3.06. The maximum Gasteiger partial charge on any atom is 0.254 e. The van der Waals surface area contributed by atoms with Gasteiger partial charge >= 0.3 is 0 Å². The maximum atomic E-state index is 12.6. The van der Waals surface area contributed by atoms with E-state index in [1.165, 1.54) is 5.56 Å². The van der Waals surface area contributed by atoms with Gasteiger partial charge in [0.15, 0.2) is 5.82 Å². The van der Waals surface area contributed by atoms with Crippen molar-refractivity contribution in [2.75, 3.05) is 20.2 Å². The van der Waals surface area contributed by atoms with E-state index in [1.807, 2.05) is 12.1 Å². The molecule has 0 fully saturated rings. The van der Waals surface area contributed by atoms with Crippen LogP contribution in [0.25, 0.3) is 11.5 Å². The first-order valence-corrected chi connectivity index (χ1v) is 8.96. The number of nitrogens with zero attached hydrogens (tertiary/aromatic N) is 4. The number of aromatic nitrogens is 4. The molecule has 2 aromatic heterocycles. The lowest BCUT2D eigenvalue weighted by Crippen LogP contribution is -2.26. The van der Waals surface area contributed by atoms with Gasteiger partial charge in [0.1, 0.15) is 11.4 Å². The van der Waals surface area contributed by atoms with Gasteiger partial charge in [-0.05, 0) is 24.1 Å². The predicted molar refractivity (Wildman–Crippen MR) is 102 cm³/mol. The summed E-state index contributed by atoms with van der Waals surface area (Å²) in [5.41, 5.74) is 3.36. The van der Waals surface area contributed by atoms with Crippen molar-refractivity contribution in [2.45, 2.75) is 19.4 Å². The molecule has 7 heteroatoms. The molecule has 3 heterocycles. The average Bonchev–Trinajstić information content (AvgIpc) is 2.92. The number of ether oxygens (including phenoxy) is 1. The molecule has 7 nitrogen and oxygen atoms in total. The molecule has 0 spiro atoms. The largest absolute Gasteiger partial charge is 0.497 e. The van der Waals surface area contributed by atoms with Gasteiger partial charge in [0, 0.05) is 44.0 Å². The SMILES string of the molecule is COc1ccc(CN2CCc3nc(-c4cnccn4)[nH]c(=O)c3CC2)cc1. The van der Waals surface area contributed by atoms with Crippen molar-refractivity contribution < 1.29 is 4.74 Å². The molecular weight excluding hydrogens is 342 g/mol. The van der Waals surface area contributed by atoms with E-state index >= 15 is 0 Å². The third-order valence-corrected chi connectivity index (χ3v) is 4.82. The molecule has 0 unspecified atom stereocenters. The molecule has 0 bridgehead atoms. The third kappa shape index (κ3) is 3.88. The number of hydrogen-bond acceptors (Lipinski definition) is 6. The van der Waals surface area contributed by atoms with E-state index in [9.17, 15) is 4.79 Å². The van der Waals surface area contributed by atoms with Crippen molar-refractivity contribution in [3.63, 3.8) is 0 Å². The van der Waals surface area contributed by atoms with Crippen LogP contribution in [0.3, 0.4) is 0 Å². The van der Waals surface area contributed by atoms with Gasteiger partial charge in [0.25, 0.3) is 5.56 Å². The second-order valence-electron chi connectivity index (χ2n) is 6.55. The highest BCUT2D eigenvalue weighted by atomic mass is 16.5. The molecule has 0 saturated heterocycles. The van der Waals surface area contributed by atoms with Gasteiger partial charge < -0.3 is 9.72 Å². The van der Waals surface area contributed by atoms with E-state index in [-0.39, 0.29) is 5.56 Å². The Morgan fingerprint density at radius 3 is 2.70 bits per heavy atom. The number of methoxy groups -OCH3 is 1. The zero-order chi connectivity index (χ0) is 18.6. The van der Waals surface area contributed by atoms with E-state index < -0.39 is 0 Å². The van der Waals surface area contributed by atoms with Gasteiger partial charge in [-0.15, -0.1) is 0 Å². The zero-order valence-corrected chi connectivity index (χ0v) is 15.2. The molecule has 1 aliphatic rings. The summed E-state index contributed by atoms with van der Waals surface area (Å²) < 4.78 is 5.21. The van der Waals surface area contributed by atoms with Crippen molar-refractivity contribution in [3.8, 4) is 17.3 Å². The van der Waals surface area contributed by atoms with Crippen molar-refractivity contribution in [1.82, 2.24) is 24.8 Å². The number of hydrogen-bond donors (Lipinski definition) is 1. The first kappa shape index (κ1) is 17.4. The summed E-state index contributed by atoms with van der Waals surface area (Å²) in [5, 5.41) is 0. The number of H-pyrrole nitrogens is 1. The van der Waals surface area contributed by atoms with Gasteiger partial charge in [0.05, 0.1) is 19.0 Å². The summed E-state index contributed by atoms with van der Waals surface area (Å²) in [6.45, 7) is 2.52. The maximum absolute atomic E-state index is 12.6. The van der Waals surface area contributed by atoms with E-state index in [2.05, 4.69) is 37.0 Å². The average molecular weight is 363 g/mol. The van der Waals surface area contributed by atoms with Crippen LogP contribution in [0.4, 0.5) is 0 Å². The third-order valence-electron chi connectivity index (χ3n) is 4.82. The lowest BCUT2D eigenvalue weighted by molar-refractivity contribution is 0.278. The van der Waals surface area contributed by atoms with E-state index in [0.29, 0.717) is 17.9 Å². The molecular formula is C20H21N5O2. The quantitative estimate of drug-likeness (QED) is 0.761. The van der Waals surface area contributed by atoms with Crippen LogP contribution < -0.4 is 10.3 Å². The Morgan fingerprint density at radius 2 is 1.96 bits per heavy atom. The smallest absolute Gasteiger partial charge is 0.254 e. The topological polar surface area (TPSA) is 84.0 Å². The highest BCUT2D eigenvalue weighted by molar-refractivity contribution is 5.47. The molecule has 138 valence electrons. The first-order chi connectivity index (χ1) is 13.2. The Bertz CT molecular complexity index is 970. The van der Waals surface area contributed by atoms with Crippen LogP contribution in [0, 0.1) is 0 Å². The summed E-state index contributed by atoms with van der Waals surface area (Å²) in [7, 11) is 1.67. The van der Waals surface area contributed by atoms with Crippen molar-refractivity contribution in [2.24, 2.45) is 0 Å². The lowest BCUT2D eigenvalue weighted by atomic mass is 10.1. The molecule has 3 aromatic rings. The second-order valence-corrected chi connectivity index (χ2v) is 6.55. The van der Waals surface area contributed by atoms with Gasteiger partial charge in [-0.25, -0.2) is 9.97 Å². The molecule has 1 aromatic carbocycles. The van der Waals surface area contributed by atoms with Crippen LogP contribution in [0.2, 0.25) is 0 Å². The van der Waals surface area contributed by atoms with Crippen LogP contribution in [-0.2, 0) is 19.4 Å². The number of nitrogens with one attached hydrogen (secondary N) is 1. The highest BCUT2D eigenvalue weighted by Gasteiger charge is 2.19. The molecule has 4 rings (SSSR count). The van der Waals surface area contributed by atoms with E-state index in [0.717, 1.165) is 43.1 Å². The molecule has 0 saturated carbocycles. The minimum atomic E-state index is -0.0769. The molecule has 0 atom stereocenters. The Morgan fingerprint density at radius 1 is 1.15 bits per heavy atom. The van der Waals surface area contributed by atoms with Crippen molar-refractivity contribution in [1.29, 1.82) is 0 Å². The van der Waals surface area contributed by atoms with Crippen LogP contribution in [0.1, 0.15) is 16.8 Å². The summed E-state index contributed by atoms with van der Waals surface area (Å²) in [6, 6.07) is 8.10. The van der Waals surface area contributed by atoms with Gasteiger partial charge in [0.2, 0.25) is 0 Å². The molecule has 27 heavy (non-hydrogen) atoms. The second kappa shape index (κ2) is 7.67. The number of aromatic amines is 1. The van der Waals surface area contributed by atoms with Gasteiger partial charge in [-0.1, -0.05) is 12.1 Å². The number of benzene rings is 1. The Labute approximate surface area is 157 Å². The molecule has 1 N–H and O–H groups in total. The fourth-order valence-corrected chi connectivity index (χ4v) is 3.34. The van der Waals surface area contributed by atoms with E-state index in [1.54, 1.807) is 25.7 Å². The lowest BCUT2D eigenvalue weighted by Gasteiger charge is -2.19. The fraction of sp³-hybridized carbons (Fsp3) is 0.300. The fourth-order valence-electron chi connectivity index (χ4n) is 3.34. The summed E-state index contributed by atoms with van der Waals surface area (Å²) in [5.74, 6) is 1.34. The minimum Gasteiger partial charge on any atom is -0.497 e. The Balaban J connectivity index is 1.52. The highest BCUT2D eigenvalue weighted by Crippen LogP contribution is 2.17. The number of fused-ring (bicyclic) bond motifs is 1. The van der Waals surface area contributed by atoms with Crippen LogP contribution in [0.5, 0.6) is 5.75 Å². The van der Waals surface area contributed by atoms with Crippen molar-refractivity contribution in [3.05, 3.63) is 70.0 Å². The molecule has 0 aliphatic carbocycles. The molecule has 0 amide bonds. The summed E-state index contributed by atoms with van der Waals surface area (Å²) in [4.78, 5) is 30.7. The Kier molecular flexibility index (Phi) is 4.93.